The molecule has 0 bridgehead atoms. The number of methoxy groups -OCH3 is 2. The van der Waals surface area contributed by atoms with Crippen LogP contribution in [-0.4, -0.2) is 79.2 Å². The maximum atomic E-state index is 13.4. The SMILES string of the molecule is CCN1CCc2c(sc3nc(Cc4ccccc4)nc(N4CCN(C(=O)c5cc(OC)cc(OC)c5)CC4)c23)C1. The van der Waals surface area contributed by atoms with Gasteiger partial charge in [0.25, 0.3) is 5.91 Å². The van der Waals surface area contributed by atoms with Crippen molar-refractivity contribution in [2.45, 2.75) is 26.3 Å². The highest BCUT2D eigenvalue weighted by Gasteiger charge is 2.29. The fourth-order valence-corrected chi connectivity index (χ4v) is 6.94. The van der Waals surface area contributed by atoms with Crippen LogP contribution in [0.15, 0.2) is 48.5 Å². The van der Waals surface area contributed by atoms with Gasteiger partial charge in [-0.05, 0) is 36.2 Å². The molecule has 1 fully saturated rings. The number of hydrogen-bond donors (Lipinski definition) is 0. The molecule has 2 aliphatic rings. The fraction of sp³-hybridized carbons (Fsp3) is 0.387. The highest BCUT2D eigenvalue weighted by molar-refractivity contribution is 7.19. The molecular formula is C31H35N5O3S. The van der Waals surface area contributed by atoms with E-state index in [4.69, 9.17) is 19.4 Å². The van der Waals surface area contributed by atoms with Crippen LogP contribution in [0.2, 0.25) is 0 Å². The van der Waals surface area contributed by atoms with Crippen molar-refractivity contribution in [3.05, 3.63) is 75.9 Å². The Labute approximate surface area is 239 Å². The lowest BCUT2D eigenvalue weighted by atomic mass is 10.0. The molecule has 4 aromatic rings. The zero-order valence-corrected chi connectivity index (χ0v) is 24.2. The van der Waals surface area contributed by atoms with E-state index in [9.17, 15) is 4.79 Å². The van der Waals surface area contributed by atoms with Gasteiger partial charge in [0.1, 0.15) is 28.0 Å². The zero-order chi connectivity index (χ0) is 27.6. The molecule has 0 saturated carbocycles. The number of ether oxygens (including phenoxy) is 2. The lowest BCUT2D eigenvalue weighted by Crippen LogP contribution is -2.49. The molecule has 2 aromatic heterocycles. The molecule has 1 amide bonds. The van der Waals surface area contributed by atoms with Crippen LogP contribution in [0.1, 0.15) is 39.1 Å². The van der Waals surface area contributed by atoms with Gasteiger partial charge in [0.2, 0.25) is 0 Å². The first-order valence-electron chi connectivity index (χ1n) is 13.9. The van der Waals surface area contributed by atoms with Crippen molar-refractivity contribution >= 4 is 33.3 Å². The van der Waals surface area contributed by atoms with Gasteiger partial charge < -0.3 is 19.3 Å². The predicted molar refractivity (Wildman–Crippen MR) is 159 cm³/mol. The Bertz CT molecular complexity index is 1490. The number of hydrogen-bond acceptors (Lipinski definition) is 8. The van der Waals surface area contributed by atoms with Crippen molar-refractivity contribution in [3.63, 3.8) is 0 Å². The fourth-order valence-electron chi connectivity index (χ4n) is 5.66. The monoisotopic (exact) mass is 557 g/mol. The van der Waals surface area contributed by atoms with Gasteiger partial charge in [0, 0.05) is 62.2 Å². The minimum absolute atomic E-state index is 0.0120. The summed E-state index contributed by atoms with van der Waals surface area (Å²) in [5.74, 6) is 3.08. The van der Waals surface area contributed by atoms with Crippen LogP contribution >= 0.6 is 11.3 Å². The highest BCUT2D eigenvalue weighted by atomic mass is 32.1. The van der Waals surface area contributed by atoms with Crippen molar-refractivity contribution in [1.29, 1.82) is 0 Å². The van der Waals surface area contributed by atoms with Crippen LogP contribution < -0.4 is 14.4 Å². The number of carbonyl (C=O) groups is 1. The normalized spacial score (nSPS) is 15.8. The molecule has 2 aromatic carbocycles. The number of aromatic nitrogens is 2. The molecule has 2 aliphatic heterocycles. The molecule has 8 nitrogen and oxygen atoms in total. The Morgan fingerprint density at radius 2 is 1.68 bits per heavy atom. The number of anilines is 1. The number of nitrogens with zero attached hydrogens (tertiary/aromatic N) is 5. The quantitative estimate of drug-likeness (QED) is 0.328. The smallest absolute Gasteiger partial charge is 0.254 e. The number of amides is 1. The van der Waals surface area contributed by atoms with Crippen LogP contribution in [-0.2, 0) is 19.4 Å². The van der Waals surface area contributed by atoms with Crippen LogP contribution in [0.4, 0.5) is 5.82 Å². The number of piperazine rings is 1. The average Bonchev–Trinajstić information content (AvgIpc) is 3.38. The Balaban J connectivity index is 1.29. The van der Waals surface area contributed by atoms with E-state index in [0.29, 0.717) is 36.6 Å². The van der Waals surface area contributed by atoms with Gasteiger partial charge >= 0.3 is 0 Å². The third kappa shape index (κ3) is 5.23. The van der Waals surface area contributed by atoms with Crippen molar-refractivity contribution in [2.75, 3.05) is 58.4 Å². The van der Waals surface area contributed by atoms with Crippen LogP contribution in [0.25, 0.3) is 10.2 Å². The lowest BCUT2D eigenvalue weighted by molar-refractivity contribution is 0.0746. The van der Waals surface area contributed by atoms with Gasteiger partial charge in [-0.25, -0.2) is 9.97 Å². The van der Waals surface area contributed by atoms with Crippen molar-refractivity contribution in [3.8, 4) is 11.5 Å². The summed E-state index contributed by atoms with van der Waals surface area (Å²) in [5, 5.41) is 1.21. The summed E-state index contributed by atoms with van der Waals surface area (Å²) in [6, 6.07) is 15.7. The van der Waals surface area contributed by atoms with Crippen LogP contribution in [0.5, 0.6) is 11.5 Å². The third-order valence-electron chi connectivity index (χ3n) is 7.92. The second-order valence-electron chi connectivity index (χ2n) is 10.3. The molecule has 0 radical (unpaired) electrons. The van der Waals surface area contributed by atoms with Gasteiger partial charge in [-0.1, -0.05) is 37.3 Å². The summed E-state index contributed by atoms with van der Waals surface area (Å²) in [4.78, 5) is 32.9. The van der Waals surface area contributed by atoms with E-state index >= 15 is 0 Å². The summed E-state index contributed by atoms with van der Waals surface area (Å²) in [7, 11) is 3.19. The van der Waals surface area contributed by atoms with E-state index in [0.717, 1.165) is 55.6 Å². The Morgan fingerprint density at radius 3 is 2.35 bits per heavy atom. The largest absolute Gasteiger partial charge is 0.497 e. The maximum Gasteiger partial charge on any atom is 0.254 e. The number of fused-ring (bicyclic) bond motifs is 3. The molecule has 0 aliphatic carbocycles. The van der Waals surface area contributed by atoms with Gasteiger partial charge in [-0.15, -0.1) is 11.3 Å². The molecule has 208 valence electrons. The predicted octanol–water partition coefficient (Wildman–Crippen LogP) is 4.64. The molecule has 0 N–H and O–H groups in total. The first kappa shape index (κ1) is 26.5. The molecule has 4 heterocycles. The van der Waals surface area contributed by atoms with E-state index in [2.05, 4.69) is 41.0 Å². The molecule has 0 spiro atoms. The van der Waals surface area contributed by atoms with E-state index in [1.807, 2.05) is 22.3 Å². The topological polar surface area (TPSA) is 71.0 Å². The molecule has 0 unspecified atom stereocenters. The first-order valence-corrected chi connectivity index (χ1v) is 14.7. The van der Waals surface area contributed by atoms with Crippen molar-refractivity contribution < 1.29 is 14.3 Å². The van der Waals surface area contributed by atoms with Gasteiger partial charge in [-0.3, -0.25) is 9.69 Å². The molecule has 6 rings (SSSR count). The van der Waals surface area contributed by atoms with E-state index in [-0.39, 0.29) is 5.91 Å². The number of thiophene rings is 1. The average molecular weight is 558 g/mol. The summed E-state index contributed by atoms with van der Waals surface area (Å²) in [6.07, 6.45) is 1.72. The van der Waals surface area contributed by atoms with E-state index in [1.165, 1.54) is 21.4 Å². The van der Waals surface area contributed by atoms with Gasteiger partial charge in [-0.2, -0.15) is 0 Å². The molecule has 40 heavy (non-hydrogen) atoms. The molecule has 0 atom stereocenters. The minimum Gasteiger partial charge on any atom is -0.497 e. The summed E-state index contributed by atoms with van der Waals surface area (Å²) >= 11 is 1.82. The van der Waals surface area contributed by atoms with Gasteiger partial charge in [0.15, 0.2) is 0 Å². The third-order valence-corrected chi connectivity index (χ3v) is 9.03. The number of benzene rings is 2. The Kier molecular flexibility index (Phi) is 7.58. The second-order valence-corrected chi connectivity index (χ2v) is 11.4. The number of likely N-dealkylation sites (N-methyl/N-ethyl adjacent to an activating group) is 1. The zero-order valence-electron chi connectivity index (χ0n) is 23.4. The molecular weight excluding hydrogens is 522 g/mol. The Morgan fingerprint density at radius 1 is 0.950 bits per heavy atom. The molecule has 1 saturated heterocycles. The van der Waals surface area contributed by atoms with E-state index < -0.39 is 0 Å². The van der Waals surface area contributed by atoms with Gasteiger partial charge in [0.05, 0.1) is 19.6 Å². The van der Waals surface area contributed by atoms with E-state index in [1.54, 1.807) is 32.4 Å². The lowest BCUT2D eigenvalue weighted by Gasteiger charge is -2.36. The molecule has 9 heteroatoms. The second kappa shape index (κ2) is 11.4. The van der Waals surface area contributed by atoms with Crippen LogP contribution in [0, 0.1) is 0 Å². The van der Waals surface area contributed by atoms with Crippen LogP contribution in [0.3, 0.4) is 0 Å². The van der Waals surface area contributed by atoms with Crippen molar-refractivity contribution in [1.82, 2.24) is 19.8 Å². The highest BCUT2D eigenvalue weighted by Crippen LogP contribution is 2.39. The first-order chi connectivity index (χ1) is 19.6. The number of carbonyl (C=O) groups excluding carboxylic acids is 1. The summed E-state index contributed by atoms with van der Waals surface area (Å²) in [5.41, 5.74) is 3.19. The minimum atomic E-state index is -0.0120. The number of rotatable bonds is 7. The van der Waals surface area contributed by atoms with Crippen molar-refractivity contribution in [2.24, 2.45) is 0 Å². The standard InChI is InChI=1S/C31H35N5O3S/c1-4-34-11-10-25-26(20-34)40-30-28(25)29(32-27(33-30)16-21-8-6-5-7-9-21)35-12-14-36(15-13-35)31(37)22-17-23(38-2)19-24(18-22)39-3/h5-9,17-19H,4,10-16,20H2,1-3H3. The Hall–Kier alpha value is -3.69. The summed E-state index contributed by atoms with van der Waals surface area (Å²) < 4.78 is 10.8. The maximum absolute atomic E-state index is 13.4. The summed E-state index contributed by atoms with van der Waals surface area (Å²) in [6.45, 7) is 8.00.